The summed E-state index contributed by atoms with van der Waals surface area (Å²) in [6.07, 6.45) is 2.59. The maximum Gasteiger partial charge on any atom is 0.274 e. The molecule has 0 unspecified atom stereocenters. The van der Waals surface area contributed by atoms with Crippen molar-refractivity contribution in [1.82, 2.24) is 14.7 Å². The molecule has 1 N–H and O–H groups in total. The largest absolute Gasteiger partial charge is 0.378 e. The Kier molecular flexibility index (Phi) is 5.73. The van der Waals surface area contributed by atoms with Gasteiger partial charge in [0.05, 0.1) is 31.0 Å². The molecule has 3 aromatic rings. The van der Waals surface area contributed by atoms with Gasteiger partial charge in [-0.3, -0.25) is 9.59 Å². The Morgan fingerprint density at radius 2 is 1.72 bits per heavy atom. The number of anilines is 1. The normalized spacial score (nSPS) is 16.1. The number of aromatic nitrogens is 2. The topological polar surface area (TPSA) is 76.5 Å². The van der Waals surface area contributed by atoms with Crippen molar-refractivity contribution >= 4 is 17.5 Å². The Bertz CT molecular complexity index is 1100. The molecule has 1 aliphatic carbocycles. The molecule has 0 spiro atoms. The number of nitrogens with one attached hydrogen (secondary N) is 1. The van der Waals surface area contributed by atoms with Crippen molar-refractivity contribution in [2.45, 2.75) is 25.2 Å². The lowest BCUT2D eigenvalue weighted by Gasteiger charge is -2.26. The Labute approximate surface area is 187 Å². The smallest absolute Gasteiger partial charge is 0.274 e. The highest BCUT2D eigenvalue weighted by Gasteiger charge is 2.29. The van der Waals surface area contributed by atoms with Gasteiger partial charge < -0.3 is 15.0 Å². The fourth-order valence-electron chi connectivity index (χ4n) is 3.91. The number of morpholine rings is 1. The minimum atomic E-state index is -0.203. The van der Waals surface area contributed by atoms with Crippen molar-refractivity contribution in [3.05, 3.63) is 77.6 Å². The SMILES string of the molecule is O=C(Nc1ccc(CC(=O)N2CCOCC2)cc1)c1cc(C2CC2)nn1-c1ccccc1. The van der Waals surface area contributed by atoms with Crippen molar-refractivity contribution in [2.24, 2.45) is 0 Å². The summed E-state index contributed by atoms with van der Waals surface area (Å²) >= 11 is 0. The van der Waals surface area contributed by atoms with Crippen LogP contribution in [0.5, 0.6) is 0 Å². The van der Waals surface area contributed by atoms with Gasteiger partial charge in [0.15, 0.2) is 0 Å². The van der Waals surface area contributed by atoms with Gasteiger partial charge >= 0.3 is 0 Å². The number of carbonyl (C=O) groups is 2. The van der Waals surface area contributed by atoms with E-state index in [0.29, 0.717) is 50.0 Å². The highest BCUT2D eigenvalue weighted by Crippen LogP contribution is 2.39. The molecule has 2 aromatic carbocycles. The number of hydrogen-bond acceptors (Lipinski definition) is 4. The molecule has 1 aliphatic heterocycles. The average molecular weight is 431 g/mol. The van der Waals surface area contributed by atoms with E-state index >= 15 is 0 Å². The van der Waals surface area contributed by atoms with Gasteiger partial charge in [-0.2, -0.15) is 5.10 Å². The molecule has 164 valence electrons. The van der Waals surface area contributed by atoms with E-state index in [1.807, 2.05) is 65.6 Å². The molecule has 1 saturated carbocycles. The van der Waals surface area contributed by atoms with Crippen LogP contribution >= 0.6 is 0 Å². The van der Waals surface area contributed by atoms with E-state index < -0.39 is 0 Å². The zero-order valence-electron chi connectivity index (χ0n) is 17.9. The summed E-state index contributed by atoms with van der Waals surface area (Å²) in [4.78, 5) is 27.4. The average Bonchev–Trinajstić information content (AvgIpc) is 3.59. The van der Waals surface area contributed by atoms with Crippen LogP contribution in [0.25, 0.3) is 5.69 Å². The van der Waals surface area contributed by atoms with Crippen LogP contribution in [-0.2, 0) is 16.0 Å². The molecule has 2 amide bonds. The molecular formula is C25H26N4O3. The molecule has 1 aromatic heterocycles. The summed E-state index contributed by atoms with van der Waals surface area (Å²) in [5.41, 5.74) is 3.96. The van der Waals surface area contributed by atoms with E-state index in [9.17, 15) is 9.59 Å². The third-order valence-electron chi connectivity index (χ3n) is 5.89. The molecule has 7 heteroatoms. The summed E-state index contributed by atoms with van der Waals surface area (Å²) in [7, 11) is 0. The number of hydrogen-bond donors (Lipinski definition) is 1. The van der Waals surface area contributed by atoms with E-state index in [-0.39, 0.29) is 11.8 Å². The number of nitrogens with zero attached hydrogens (tertiary/aromatic N) is 3. The molecular weight excluding hydrogens is 404 g/mol. The van der Waals surface area contributed by atoms with E-state index in [0.717, 1.165) is 29.8 Å². The van der Waals surface area contributed by atoms with Gasteiger partial charge in [0.2, 0.25) is 5.91 Å². The summed E-state index contributed by atoms with van der Waals surface area (Å²) in [5, 5.41) is 7.67. The van der Waals surface area contributed by atoms with Crippen molar-refractivity contribution in [3.63, 3.8) is 0 Å². The second-order valence-electron chi connectivity index (χ2n) is 8.30. The van der Waals surface area contributed by atoms with Crippen LogP contribution in [-0.4, -0.2) is 52.8 Å². The van der Waals surface area contributed by atoms with Crippen molar-refractivity contribution in [1.29, 1.82) is 0 Å². The van der Waals surface area contributed by atoms with Gasteiger partial charge in [-0.05, 0) is 48.7 Å². The summed E-state index contributed by atoms with van der Waals surface area (Å²) in [5.74, 6) is 0.352. The third kappa shape index (κ3) is 4.57. The predicted octanol–water partition coefficient (Wildman–Crippen LogP) is 3.40. The van der Waals surface area contributed by atoms with Crippen LogP contribution in [0.15, 0.2) is 60.7 Å². The third-order valence-corrected chi connectivity index (χ3v) is 5.89. The molecule has 2 fully saturated rings. The molecule has 32 heavy (non-hydrogen) atoms. The zero-order chi connectivity index (χ0) is 21.9. The Morgan fingerprint density at radius 1 is 1.00 bits per heavy atom. The number of amides is 2. The molecule has 5 rings (SSSR count). The van der Waals surface area contributed by atoms with Gasteiger partial charge in [-0.1, -0.05) is 30.3 Å². The first-order valence-corrected chi connectivity index (χ1v) is 11.1. The number of carbonyl (C=O) groups excluding carboxylic acids is 2. The molecule has 1 saturated heterocycles. The Balaban J connectivity index is 1.28. The van der Waals surface area contributed by atoms with Gasteiger partial charge in [0.25, 0.3) is 5.91 Å². The first kappa shape index (κ1) is 20.5. The summed E-state index contributed by atoms with van der Waals surface area (Å²) < 4.78 is 7.02. The lowest BCUT2D eigenvalue weighted by atomic mass is 10.1. The second-order valence-corrected chi connectivity index (χ2v) is 8.30. The highest BCUT2D eigenvalue weighted by atomic mass is 16.5. The number of rotatable bonds is 6. The quantitative estimate of drug-likeness (QED) is 0.650. The van der Waals surface area contributed by atoms with Gasteiger partial charge in [0, 0.05) is 24.7 Å². The molecule has 0 radical (unpaired) electrons. The highest BCUT2D eigenvalue weighted by molar-refractivity contribution is 6.03. The van der Waals surface area contributed by atoms with Crippen molar-refractivity contribution in [3.8, 4) is 5.69 Å². The van der Waals surface area contributed by atoms with E-state index in [1.54, 1.807) is 4.68 Å². The lowest BCUT2D eigenvalue weighted by Crippen LogP contribution is -2.41. The van der Waals surface area contributed by atoms with Crippen LogP contribution in [0.1, 0.15) is 40.5 Å². The maximum absolute atomic E-state index is 13.1. The van der Waals surface area contributed by atoms with E-state index in [1.165, 1.54) is 0 Å². The first-order chi connectivity index (χ1) is 15.7. The van der Waals surface area contributed by atoms with Crippen LogP contribution < -0.4 is 5.32 Å². The minimum Gasteiger partial charge on any atom is -0.378 e. The fraction of sp³-hybridized carbons (Fsp3) is 0.320. The van der Waals surface area contributed by atoms with Crippen LogP contribution in [0, 0.1) is 0 Å². The standard InChI is InChI=1S/C25H26N4O3/c30-24(28-12-14-32-15-13-28)16-18-6-10-20(11-7-18)26-25(31)23-17-22(19-8-9-19)27-29(23)21-4-2-1-3-5-21/h1-7,10-11,17,19H,8-9,12-16H2,(H,26,31). The monoisotopic (exact) mass is 430 g/mol. The molecule has 2 heterocycles. The predicted molar refractivity (Wildman–Crippen MR) is 121 cm³/mol. The number of benzene rings is 2. The van der Waals surface area contributed by atoms with Crippen LogP contribution in [0.2, 0.25) is 0 Å². The summed E-state index contributed by atoms with van der Waals surface area (Å²) in [6.45, 7) is 2.48. The summed E-state index contributed by atoms with van der Waals surface area (Å²) in [6, 6.07) is 19.1. The molecule has 0 atom stereocenters. The van der Waals surface area contributed by atoms with Gasteiger partial charge in [-0.25, -0.2) is 4.68 Å². The Morgan fingerprint density at radius 3 is 2.41 bits per heavy atom. The zero-order valence-corrected chi connectivity index (χ0v) is 17.9. The van der Waals surface area contributed by atoms with E-state index in [2.05, 4.69) is 5.32 Å². The Hall–Kier alpha value is -3.45. The van der Waals surface area contributed by atoms with Crippen LogP contribution in [0.3, 0.4) is 0 Å². The number of ether oxygens (including phenoxy) is 1. The number of para-hydroxylation sites is 1. The first-order valence-electron chi connectivity index (χ1n) is 11.1. The fourth-order valence-corrected chi connectivity index (χ4v) is 3.91. The molecule has 2 aliphatic rings. The molecule has 7 nitrogen and oxygen atoms in total. The van der Waals surface area contributed by atoms with Crippen molar-refractivity contribution < 1.29 is 14.3 Å². The van der Waals surface area contributed by atoms with Crippen LogP contribution in [0.4, 0.5) is 5.69 Å². The minimum absolute atomic E-state index is 0.101. The van der Waals surface area contributed by atoms with E-state index in [4.69, 9.17) is 9.84 Å². The second kappa shape index (κ2) is 8.96. The van der Waals surface area contributed by atoms with Gasteiger partial charge in [-0.15, -0.1) is 0 Å². The molecule has 0 bridgehead atoms. The maximum atomic E-state index is 13.1. The van der Waals surface area contributed by atoms with Gasteiger partial charge in [0.1, 0.15) is 5.69 Å². The lowest BCUT2D eigenvalue weighted by molar-refractivity contribution is -0.134. The van der Waals surface area contributed by atoms with Crippen molar-refractivity contribution in [2.75, 3.05) is 31.6 Å².